The zero-order valence-electron chi connectivity index (χ0n) is 9.71. The quantitative estimate of drug-likeness (QED) is 0.799. The minimum Gasteiger partial charge on any atom is -0.346 e. The zero-order chi connectivity index (χ0) is 11.3. The number of hydrogen-bond acceptors (Lipinski definition) is 2. The second-order valence-electron chi connectivity index (χ2n) is 3.56. The van der Waals surface area contributed by atoms with Crippen LogP contribution in [0.3, 0.4) is 0 Å². The summed E-state index contributed by atoms with van der Waals surface area (Å²) in [4.78, 5) is 20.8. The molecule has 0 aromatic carbocycles. The molecule has 0 bridgehead atoms. The maximum Gasteiger partial charge on any atom is 0.222 e. The minimum absolute atomic E-state index is 0.215. The number of H-pyrrole nitrogens is 1. The largest absolute Gasteiger partial charge is 0.346 e. The van der Waals surface area contributed by atoms with Crippen LogP contribution in [0.2, 0.25) is 0 Å². The van der Waals surface area contributed by atoms with E-state index in [2.05, 4.69) is 9.97 Å². The molecule has 4 heteroatoms. The Kier molecular flexibility index (Phi) is 4.34. The third-order valence-corrected chi connectivity index (χ3v) is 2.48. The SMILES string of the molecule is CCN(CC)C(=O)CCc1cnc(C)[nH]1. The van der Waals surface area contributed by atoms with Crippen LogP contribution in [0.4, 0.5) is 0 Å². The Morgan fingerprint density at radius 2 is 2.13 bits per heavy atom. The van der Waals surface area contributed by atoms with Gasteiger partial charge in [0.25, 0.3) is 0 Å². The number of amides is 1. The molecule has 0 saturated carbocycles. The Hall–Kier alpha value is -1.32. The van der Waals surface area contributed by atoms with Crippen LogP contribution in [0.1, 0.15) is 31.8 Å². The predicted molar refractivity (Wildman–Crippen MR) is 59.6 cm³/mol. The maximum atomic E-state index is 11.7. The highest BCUT2D eigenvalue weighted by atomic mass is 16.2. The second-order valence-corrected chi connectivity index (χ2v) is 3.56. The van der Waals surface area contributed by atoms with E-state index < -0.39 is 0 Å². The number of carbonyl (C=O) groups excluding carboxylic acids is 1. The molecule has 1 aromatic heterocycles. The summed E-state index contributed by atoms with van der Waals surface area (Å²) in [5.74, 6) is 1.12. The summed E-state index contributed by atoms with van der Waals surface area (Å²) in [7, 11) is 0. The molecule has 0 fully saturated rings. The Balaban J connectivity index is 2.40. The van der Waals surface area contributed by atoms with Gasteiger partial charge >= 0.3 is 0 Å². The van der Waals surface area contributed by atoms with Crippen molar-refractivity contribution in [3.05, 3.63) is 17.7 Å². The highest BCUT2D eigenvalue weighted by Gasteiger charge is 2.09. The van der Waals surface area contributed by atoms with Crippen LogP contribution >= 0.6 is 0 Å². The first kappa shape index (κ1) is 11.8. The molecule has 1 aromatic rings. The summed E-state index contributed by atoms with van der Waals surface area (Å²) in [5, 5.41) is 0. The van der Waals surface area contributed by atoms with E-state index in [1.807, 2.05) is 25.7 Å². The molecule has 0 atom stereocenters. The maximum absolute atomic E-state index is 11.7. The van der Waals surface area contributed by atoms with Crippen LogP contribution in [0.15, 0.2) is 6.20 Å². The van der Waals surface area contributed by atoms with Crippen LogP contribution in [-0.4, -0.2) is 33.9 Å². The van der Waals surface area contributed by atoms with Crippen molar-refractivity contribution in [2.45, 2.75) is 33.6 Å². The van der Waals surface area contributed by atoms with Crippen molar-refractivity contribution in [2.24, 2.45) is 0 Å². The fourth-order valence-corrected chi connectivity index (χ4v) is 1.57. The Labute approximate surface area is 90.7 Å². The average Bonchev–Trinajstić information content (AvgIpc) is 2.63. The Morgan fingerprint density at radius 3 is 2.60 bits per heavy atom. The highest BCUT2D eigenvalue weighted by molar-refractivity contribution is 5.76. The lowest BCUT2D eigenvalue weighted by Gasteiger charge is -2.18. The lowest BCUT2D eigenvalue weighted by atomic mass is 10.2. The first-order valence-electron chi connectivity index (χ1n) is 5.45. The van der Waals surface area contributed by atoms with Gasteiger partial charge in [0.05, 0.1) is 0 Å². The van der Waals surface area contributed by atoms with Gasteiger partial charge < -0.3 is 9.88 Å². The summed E-state index contributed by atoms with van der Waals surface area (Å²) in [5.41, 5.74) is 1.04. The van der Waals surface area contributed by atoms with Crippen LogP contribution < -0.4 is 0 Å². The lowest BCUT2D eigenvalue weighted by Crippen LogP contribution is -2.30. The molecule has 1 heterocycles. The Morgan fingerprint density at radius 1 is 1.47 bits per heavy atom. The molecule has 1 N–H and O–H groups in total. The topological polar surface area (TPSA) is 49.0 Å². The monoisotopic (exact) mass is 209 g/mol. The molecule has 0 spiro atoms. The van der Waals surface area contributed by atoms with Crippen LogP contribution in [0.25, 0.3) is 0 Å². The van der Waals surface area contributed by atoms with Gasteiger partial charge in [0.1, 0.15) is 5.82 Å². The van der Waals surface area contributed by atoms with Crippen molar-refractivity contribution in [1.29, 1.82) is 0 Å². The molecule has 0 aliphatic heterocycles. The van der Waals surface area contributed by atoms with E-state index in [1.165, 1.54) is 0 Å². The normalized spacial score (nSPS) is 10.3. The van der Waals surface area contributed by atoms with Gasteiger partial charge in [0, 0.05) is 31.4 Å². The van der Waals surface area contributed by atoms with Gasteiger partial charge in [-0.25, -0.2) is 4.98 Å². The average molecular weight is 209 g/mol. The van der Waals surface area contributed by atoms with E-state index in [0.717, 1.165) is 31.0 Å². The molecule has 0 aliphatic carbocycles. The molecule has 0 unspecified atom stereocenters. The number of imidazole rings is 1. The summed E-state index contributed by atoms with van der Waals surface area (Å²) in [6.07, 6.45) is 3.10. The summed E-state index contributed by atoms with van der Waals surface area (Å²) >= 11 is 0. The molecule has 1 rings (SSSR count). The first-order valence-corrected chi connectivity index (χ1v) is 5.45. The third kappa shape index (κ3) is 3.38. The van der Waals surface area contributed by atoms with Gasteiger partial charge in [0.2, 0.25) is 5.91 Å². The molecular weight excluding hydrogens is 190 g/mol. The van der Waals surface area contributed by atoms with Crippen molar-refractivity contribution in [3.8, 4) is 0 Å². The number of aryl methyl sites for hydroxylation is 2. The molecule has 84 valence electrons. The van der Waals surface area contributed by atoms with Gasteiger partial charge in [-0.3, -0.25) is 4.79 Å². The number of rotatable bonds is 5. The molecule has 0 aliphatic rings. The molecule has 1 amide bonds. The second kappa shape index (κ2) is 5.53. The van der Waals surface area contributed by atoms with E-state index in [9.17, 15) is 4.79 Å². The van der Waals surface area contributed by atoms with E-state index in [4.69, 9.17) is 0 Å². The van der Waals surface area contributed by atoms with Gasteiger partial charge in [0.15, 0.2) is 0 Å². The van der Waals surface area contributed by atoms with Gasteiger partial charge in [-0.1, -0.05) is 0 Å². The smallest absolute Gasteiger partial charge is 0.222 e. The zero-order valence-corrected chi connectivity index (χ0v) is 9.71. The van der Waals surface area contributed by atoms with Crippen LogP contribution in [-0.2, 0) is 11.2 Å². The third-order valence-electron chi connectivity index (χ3n) is 2.48. The number of aromatic amines is 1. The first-order chi connectivity index (χ1) is 7.17. The summed E-state index contributed by atoms with van der Waals surface area (Å²) < 4.78 is 0. The van der Waals surface area contributed by atoms with E-state index in [-0.39, 0.29) is 5.91 Å². The number of aromatic nitrogens is 2. The Bertz CT molecular complexity index is 315. The van der Waals surface area contributed by atoms with E-state index >= 15 is 0 Å². The van der Waals surface area contributed by atoms with Gasteiger partial charge in [-0.2, -0.15) is 0 Å². The summed E-state index contributed by atoms with van der Waals surface area (Å²) in [6.45, 7) is 7.49. The molecule has 15 heavy (non-hydrogen) atoms. The van der Waals surface area contributed by atoms with Crippen molar-refractivity contribution >= 4 is 5.91 Å². The van der Waals surface area contributed by atoms with Crippen LogP contribution in [0, 0.1) is 6.92 Å². The number of carbonyl (C=O) groups is 1. The molecule has 0 radical (unpaired) electrons. The molecular formula is C11H19N3O. The minimum atomic E-state index is 0.215. The van der Waals surface area contributed by atoms with Crippen molar-refractivity contribution in [3.63, 3.8) is 0 Å². The lowest BCUT2D eigenvalue weighted by molar-refractivity contribution is -0.130. The van der Waals surface area contributed by atoms with Crippen molar-refractivity contribution in [2.75, 3.05) is 13.1 Å². The number of nitrogens with zero attached hydrogens (tertiary/aromatic N) is 2. The fraction of sp³-hybridized carbons (Fsp3) is 0.636. The standard InChI is InChI=1S/C11H19N3O/c1-4-14(5-2)11(15)7-6-10-8-12-9(3)13-10/h8H,4-7H2,1-3H3,(H,12,13). The number of hydrogen-bond donors (Lipinski definition) is 1. The van der Waals surface area contributed by atoms with E-state index in [1.54, 1.807) is 6.20 Å². The highest BCUT2D eigenvalue weighted by Crippen LogP contribution is 2.02. The predicted octanol–water partition coefficient (Wildman–Crippen LogP) is 1.52. The van der Waals surface area contributed by atoms with Gasteiger partial charge in [-0.05, 0) is 27.2 Å². The van der Waals surface area contributed by atoms with Gasteiger partial charge in [-0.15, -0.1) is 0 Å². The van der Waals surface area contributed by atoms with Crippen LogP contribution in [0.5, 0.6) is 0 Å². The van der Waals surface area contributed by atoms with Crippen molar-refractivity contribution in [1.82, 2.24) is 14.9 Å². The van der Waals surface area contributed by atoms with Crippen molar-refractivity contribution < 1.29 is 4.79 Å². The summed E-state index contributed by atoms with van der Waals surface area (Å²) in [6, 6.07) is 0. The fourth-order valence-electron chi connectivity index (χ4n) is 1.57. The van der Waals surface area contributed by atoms with E-state index in [0.29, 0.717) is 6.42 Å². The molecule has 0 saturated heterocycles. The molecule has 4 nitrogen and oxygen atoms in total. The number of nitrogens with one attached hydrogen (secondary N) is 1.